The van der Waals surface area contributed by atoms with E-state index in [9.17, 15) is 4.79 Å². The molecular formula is C16H18BrNO. The Morgan fingerprint density at radius 1 is 1.11 bits per heavy atom. The molecule has 1 aromatic carbocycles. The van der Waals surface area contributed by atoms with E-state index in [1.165, 1.54) is 40.4 Å². The summed E-state index contributed by atoms with van der Waals surface area (Å²) < 4.78 is 1.20. The van der Waals surface area contributed by atoms with Crippen molar-refractivity contribution in [2.75, 3.05) is 0 Å². The SMILES string of the molecule is O=C=NC1(c2cc(Br)c3c(c2)CCCC3)CCCC1. The number of aryl methyl sites for hydroxylation is 1. The van der Waals surface area contributed by atoms with Crippen LogP contribution in [0.2, 0.25) is 0 Å². The number of carbonyl (C=O) groups excluding carboxylic acids is 1. The molecule has 0 heterocycles. The molecule has 0 spiro atoms. The van der Waals surface area contributed by atoms with Gasteiger partial charge < -0.3 is 0 Å². The van der Waals surface area contributed by atoms with E-state index in [1.807, 2.05) is 6.08 Å². The zero-order valence-corrected chi connectivity index (χ0v) is 12.6. The van der Waals surface area contributed by atoms with Crippen molar-refractivity contribution in [1.82, 2.24) is 0 Å². The first-order valence-corrected chi connectivity index (χ1v) is 7.95. The highest BCUT2D eigenvalue weighted by molar-refractivity contribution is 9.10. The highest BCUT2D eigenvalue weighted by Gasteiger charge is 2.36. The largest absolute Gasteiger partial charge is 0.235 e. The summed E-state index contributed by atoms with van der Waals surface area (Å²) in [5, 5.41) is 0. The quantitative estimate of drug-likeness (QED) is 0.585. The lowest BCUT2D eigenvalue weighted by Crippen LogP contribution is -2.20. The molecular weight excluding hydrogens is 302 g/mol. The van der Waals surface area contributed by atoms with Crippen LogP contribution in [0.5, 0.6) is 0 Å². The molecule has 0 saturated heterocycles. The Labute approximate surface area is 122 Å². The van der Waals surface area contributed by atoms with Crippen molar-refractivity contribution in [2.24, 2.45) is 4.99 Å². The van der Waals surface area contributed by atoms with Gasteiger partial charge in [0, 0.05) is 4.47 Å². The van der Waals surface area contributed by atoms with Crippen molar-refractivity contribution < 1.29 is 4.79 Å². The van der Waals surface area contributed by atoms with Crippen molar-refractivity contribution >= 4 is 22.0 Å². The second kappa shape index (κ2) is 5.22. The molecule has 0 aromatic heterocycles. The van der Waals surface area contributed by atoms with Gasteiger partial charge in [0.2, 0.25) is 6.08 Å². The Bertz CT molecular complexity index is 540. The van der Waals surface area contributed by atoms with Gasteiger partial charge in [0.15, 0.2) is 0 Å². The fraction of sp³-hybridized carbons (Fsp3) is 0.562. The third-order valence-electron chi connectivity index (χ3n) is 4.64. The van der Waals surface area contributed by atoms with Gasteiger partial charge in [-0.1, -0.05) is 34.8 Å². The van der Waals surface area contributed by atoms with Crippen molar-refractivity contribution in [1.29, 1.82) is 0 Å². The first-order valence-electron chi connectivity index (χ1n) is 7.16. The number of aliphatic imine (C=N–C) groups is 1. The minimum atomic E-state index is -0.295. The standard InChI is InChI=1S/C16H18BrNO/c17-15-10-13(9-12-5-1-2-6-14(12)15)16(18-11-19)7-3-4-8-16/h9-10H,1-8H2. The lowest BCUT2D eigenvalue weighted by atomic mass is 9.83. The maximum atomic E-state index is 10.8. The van der Waals surface area contributed by atoms with Gasteiger partial charge in [0.05, 0.1) is 5.54 Å². The number of nitrogens with zero attached hydrogens (tertiary/aromatic N) is 1. The molecule has 0 N–H and O–H groups in total. The third kappa shape index (κ3) is 2.30. The number of rotatable bonds is 2. The molecule has 0 unspecified atom stereocenters. The lowest BCUT2D eigenvalue weighted by molar-refractivity contribution is 0.454. The van der Waals surface area contributed by atoms with Crippen molar-refractivity contribution in [3.05, 3.63) is 33.3 Å². The van der Waals surface area contributed by atoms with Crippen LogP contribution in [0.3, 0.4) is 0 Å². The molecule has 0 radical (unpaired) electrons. The van der Waals surface area contributed by atoms with Crippen LogP contribution in [0.4, 0.5) is 0 Å². The number of benzene rings is 1. The molecule has 0 amide bonds. The first-order chi connectivity index (χ1) is 9.25. The zero-order valence-electron chi connectivity index (χ0n) is 11.0. The topological polar surface area (TPSA) is 29.4 Å². The van der Waals surface area contributed by atoms with E-state index in [0.29, 0.717) is 0 Å². The maximum Gasteiger partial charge on any atom is 0.235 e. The average molecular weight is 320 g/mol. The van der Waals surface area contributed by atoms with Crippen LogP contribution in [0.15, 0.2) is 21.6 Å². The van der Waals surface area contributed by atoms with Crippen LogP contribution in [0.25, 0.3) is 0 Å². The van der Waals surface area contributed by atoms with Crippen LogP contribution < -0.4 is 0 Å². The summed E-state index contributed by atoms with van der Waals surface area (Å²) in [6.45, 7) is 0. The predicted octanol–water partition coefficient (Wildman–Crippen LogP) is 4.43. The predicted molar refractivity (Wildman–Crippen MR) is 79.1 cm³/mol. The van der Waals surface area contributed by atoms with E-state index in [4.69, 9.17) is 0 Å². The first kappa shape index (κ1) is 13.1. The maximum absolute atomic E-state index is 10.8. The molecule has 0 bridgehead atoms. The van der Waals surface area contributed by atoms with E-state index in [0.717, 1.165) is 32.1 Å². The summed E-state index contributed by atoms with van der Waals surface area (Å²) in [7, 11) is 0. The number of halogens is 1. The van der Waals surface area contributed by atoms with E-state index in [2.05, 4.69) is 33.1 Å². The Balaban J connectivity index is 2.09. The fourth-order valence-corrected chi connectivity index (χ4v) is 4.29. The van der Waals surface area contributed by atoms with Crippen LogP contribution in [0.1, 0.15) is 55.2 Å². The zero-order chi connectivity index (χ0) is 13.3. The molecule has 1 fully saturated rings. The van der Waals surface area contributed by atoms with Gasteiger partial charge in [-0.2, -0.15) is 4.99 Å². The molecule has 1 saturated carbocycles. The van der Waals surface area contributed by atoms with Gasteiger partial charge in [-0.3, -0.25) is 0 Å². The third-order valence-corrected chi connectivity index (χ3v) is 5.35. The summed E-state index contributed by atoms with van der Waals surface area (Å²) >= 11 is 3.72. The summed E-state index contributed by atoms with van der Waals surface area (Å²) in [5.74, 6) is 0. The summed E-state index contributed by atoms with van der Waals surface area (Å²) in [5.41, 5.74) is 3.82. The Hall–Kier alpha value is -0.920. The minimum Gasteiger partial charge on any atom is -0.211 e. The number of isocyanates is 1. The molecule has 2 nitrogen and oxygen atoms in total. The van der Waals surface area contributed by atoms with E-state index >= 15 is 0 Å². The number of hydrogen-bond donors (Lipinski definition) is 0. The Morgan fingerprint density at radius 3 is 2.58 bits per heavy atom. The fourth-order valence-electron chi connectivity index (χ4n) is 3.59. The van der Waals surface area contributed by atoms with Gasteiger partial charge in [-0.15, -0.1) is 0 Å². The molecule has 1 aromatic rings. The van der Waals surface area contributed by atoms with Crippen LogP contribution in [0, 0.1) is 0 Å². The molecule has 2 aliphatic rings. The summed E-state index contributed by atoms with van der Waals surface area (Å²) in [4.78, 5) is 15.0. The van der Waals surface area contributed by atoms with Crippen molar-refractivity contribution in [2.45, 2.75) is 56.9 Å². The van der Waals surface area contributed by atoms with Gasteiger partial charge in [0.25, 0.3) is 0 Å². The second-order valence-electron chi connectivity index (χ2n) is 5.74. The normalized spacial score (nSPS) is 20.7. The Morgan fingerprint density at radius 2 is 1.84 bits per heavy atom. The van der Waals surface area contributed by atoms with Crippen molar-refractivity contribution in [3.63, 3.8) is 0 Å². The highest BCUT2D eigenvalue weighted by Crippen LogP contribution is 2.44. The Kier molecular flexibility index (Phi) is 3.60. The lowest BCUT2D eigenvalue weighted by Gasteiger charge is -2.26. The smallest absolute Gasteiger partial charge is 0.211 e. The highest BCUT2D eigenvalue weighted by atomic mass is 79.9. The monoisotopic (exact) mass is 319 g/mol. The average Bonchev–Trinajstić information content (AvgIpc) is 2.89. The molecule has 19 heavy (non-hydrogen) atoms. The molecule has 0 aliphatic heterocycles. The van der Waals surface area contributed by atoms with Crippen LogP contribution >= 0.6 is 15.9 Å². The summed E-state index contributed by atoms with van der Waals surface area (Å²) in [6, 6.07) is 4.49. The second-order valence-corrected chi connectivity index (χ2v) is 6.60. The number of hydrogen-bond acceptors (Lipinski definition) is 2. The molecule has 100 valence electrons. The van der Waals surface area contributed by atoms with Gasteiger partial charge in [-0.05, 0) is 61.3 Å². The minimum absolute atomic E-state index is 0.295. The van der Waals surface area contributed by atoms with E-state index in [1.54, 1.807) is 0 Å². The van der Waals surface area contributed by atoms with Crippen molar-refractivity contribution in [3.8, 4) is 0 Å². The molecule has 2 aliphatic carbocycles. The van der Waals surface area contributed by atoms with Gasteiger partial charge >= 0.3 is 0 Å². The van der Waals surface area contributed by atoms with E-state index < -0.39 is 0 Å². The molecule has 3 heteroatoms. The van der Waals surface area contributed by atoms with E-state index in [-0.39, 0.29) is 5.54 Å². The van der Waals surface area contributed by atoms with Crippen LogP contribution in [-0.4, -0.2) is 6.08 Å². The van der Waals surface area contributed by atoms with Gasteiger partial charge in [-0.25, -0.2) is 4.79 Å². The molecule has 3 rings (SSSR count). The number of fused-ring (bicyclic) bond motifs is 1. The summed E-state index contributed by atoms with van der Waals surface area (Å²) in [6.07, 6.45) is 10.9. The van der Waals surface area contributed by atoms with Gasteiger partial charge in [0.1, 0.15) is 0 Å². The van der Waals surface area contributed by atoms with Crippen LogP contribution in [-0.2, 0) is 23.2 Å². The molecule has 0 atom stereocenters.